The Morgan fingerprint density at radius 2 is 0.646 bits per heavy atom. The standard InChI is InChI=1S/2C34H38O3.C30H36O4.C27H32O4.8CH4/c1-6-26(4)28-16-18-31(19-17-28)37-27(5)35-20-21-36-34-32(29-12-7-10-24(2)22-29)14-9-15-33(34)30-13-8-11-25(3)23-30;1-5-26(4)27-19-21-30(22-20-27)37-34(25(2)3)36-24-23-35-33-31(28-13-8-6-9-14-28)17-12-18-32(33)29-15-10-7-11-16-29;1-4-22(3)24-16-14-23(15-17-24)20-32-27-12-8-11-26-25(27)10-9-13-28(26)33-21-29(31)34-30(5-2)18-6-7-19-30;1-6-19(2)21-15-13-20(14-16-21)17-29-24-11-7-10-23-22(24)9-8-12-25(23)30-18-26(28)31-27(3,4)5;;;;;;;;/h7-19,22-23,26-27H,6,20-21H2,1-5H3;6-22,25-26,34H,5,23-24H2,1-4H3;8-17,22H,4-7,18-21H2,1-3H3;7-16,19H,6,17-18H2,1-5H3;8*1H4. The van der Waals surface area contributed by atoms with Crippen molar-refractivity contribution in [3.05, 3.63) is 360 Å². The van der Waals surface area contributed by atoms with Crippen molar-refractivity contribution in [1.29, 1.82) is 0 Å². The van der Waals surface area contributed by atoms with Crippen LogP contribution in [0.25, 0.3) is 66.1 Å². The lowest BCUT2D eigenvalue weighted by Crippen LogP contribution is -2.33. The molecule has 0 radical (unpaired) electrons. The van der Waals surface area contributed by atoms with Gasteiger partial charge in [0.15, 0.2) is 19.5 Å². The van der Waals surface area contributed by atoms with E-state index in [0.29, 0.717) is 74.8 Å². The zero-order valence-electron chi connectivity index (χ0n) is 84.8. The van der Waals surface area contributed by atoms with Crippen LogP contribution in [0.2, 0.25) is 0 Å². The molecule has 0 N–H and O–H groups in total. The Morgan fingerprint density at radius 1 is 0.327 bits per heavy atom. The van der Waals surface area contributed by atoms with Crippen molar-refractivity contribution in [3.8, 4) is 90.5 Å². The average Bonchev–Trinajstić information content (AvgIpc) is 1.33. The van der Waals surface area contributed by atoms with Crippen LogP contribution in [0, 0.1) is 19.8 Å². The van der Waals surface area contributed by atoms with E-state index in [0.717, 1.165) is 169 Å². The van der Waals surface area contributed by atoms with Crippen LogP contribution in [-0.2, 0) is 41.8 Å². The summed E-state index contributed by atoms with van der Waals surface area (Å²) in [4.78, 5) is 24.5. The van der Waals surface area contributed by atoms with Crippen molar-refractivity contribution in [2.24, 2.45) is 5.92 Å². The number of carbonyl (C=O) groups excluding carboxylic acids is 2. The monoisotopic (exact) mass is 2000 g/mol. The summed E-state index contributed by atoms with van der Waals surface area (Å²) in [6.45, 7) is 38.2. The van der Waals surface area contributed by atoms with Crippen molar-refractivity contribution in [1.82, 2.24) is 0 Å². The maximum Gasteiger partial charge on any atom is 0.344 e. The Hall–Kier alpha value is -13.1. The third kappa shape index (κ3) is 37.3. The molecule has 0 saturated heterocycles. The molecule has 14 nitrogen and oxygen atoms in total. The molecule has 15 rings (SSSR count). The summed E-state index contributed by atoms with van der Waals surface area (Å²) < 4.78 is 72.3. The number of aryl methyl sites for hydroxylation is 2. The van der Waals surface area contributed by atoms with Gasteiger partial charge in [0.25, 0.3) is 0 Å². The van der Waals surface area contributed by atoms with E-state index in [1.807, 2.05) is 137 Å². The Kier molecular flexibility index (Phi) is 54.4. The molecule has 0 amide bonds. The fraction of sp³-hybridized carbons (Fsp3) is 0.383. The van der Waals surface area contributed by atoms with Crippen molar-refractivity contribution in [2.45, 2.75) is 296 Å². The van der Waals surface area contributed by atoms with E-state index in [-0.39, 0.29) is 103 Å². The van der Waals surface area contributed by atoms with Crippen molar-refractivity contribution < 1.29 is 66.4 Å². The van der Waals surface area contributed by atoms with E-state index in [1.54, 1.807) is 0 Å². The lowest BCUT2D eigenvalue weighted by molar-refractivity contribution is -0.162. The van der Waals surface area contributed by atoms with Gasteiger partial charge in [-0.15, -0.1) is 0 Å². The number of hydrogen-bond acceptors (Lipinski definition) is 14. The van der Waals surface area contributed by atoms with E-state index >= 15 is 0 Å². The molecular weight excluding hydrogens is 1820 g/mol. The van der Waals surface area contributed by atoms with Crippen LogP contribution in [0.4, 0.5) is 0 Å². The summed E-state index contributed by atoms with van der Waals surface area (Å²) >= 11 is 0. The minimum Gasteiger partial charge on any atom is -0.490 e. The minimum absolute atomic E-state index is 0. The smallest absolute Gasteiger partial charge is 0.344 e. The molecule has 0 spiro atoms. The third-order valence-corrected chi connectivity index (χ3v) is 25.8. The van der Waals surface area contributed by atoms with Crippen molar-refractivity contribution in [2.75, 3.05) is 39.6 Å². The van der Waals surface area contributed by atoms with E-state index in [2.05, 4.69) is 296 Å². The molecule has 6 atom stereocenters. The first kappa shape index (κ1) is 126. The van der Waals surface area contributed by atoms with Crippen LogP contribution in [0.5, 0.6) is 46.0 Å². The summed E-state index contributed by atoms with van der Waals surface area (Å²) in [6, 6.07) is 108. The van der Waals surface area contributed by atoms with Gasteiger partial charge >= 0.3 is 11.9 Å². The predicted octanol–water partition coefficient (Wildman–Crippen LogP) is 37.3. The van der Waals surface area contributed by atoms with Gasteiger partial charge in [-0.05, 0) is 227 Å². The quantitative estimate of drug-likeness (QED) is 0.0203. The molecule has 0 aliphatic heterocycles. The Bertz CT molecular complexity index is 6000. The maximum absolute atomic E-state index is 12.5. The van der Waals surface area contributed by atoms with Crippen LogP contribution in [0.3, 0.4) is 0 Å². The molecule has 1 aliphatic rings. The summed E-state index contributed by atoms with van der Waals surface area (Å²) in [6.07, 6.45) is 8.78. The number of carbonyl (C=O) groups is 2. The highest BCUT2D eigenvalue weighted by atomic mass is 16.7. The van der Waals surface area contributed by atoms with Gasteiger partial charge < -0.3 is 56.8 Å². The van der Waals surface area contributed by atoms with Crippen LogP contribution < -0.4 is 37.9 Å². The fourth-order valence-electron chi connectivity index (χ4n) is 16.9. The normalized spacial score (nSPS) is 12.7. The summed E-state index contributed by atoms with van der Waals surface area (Å²) in [7, 11) is 0. The van der Waals surface area contributed by atoms with Gasteiger partial charge in [0, 0.05) is 49.7 Å². The highest BCUT2D eigenvalue weighted by molar-refractivity contribution is 5.95. The first-order valence-electron chi connectivity index (χ1n) is 50.0. The van der Waals surface area contributed by atoms with Gasteiger partial charge in [-0.25, -0.2) is 9.59 Å². The molecule has 6 unspecified atom stereocenters. The number of ether oxygens (including phenoxy) is 12. The first-order valence-corrected chi connectivity index (χ1v) is 50.0. The van der Waals surface area contributed by atoms with Gasteiger partial charge in [0.1, 0.15) is 83.6 Å². The van der Waals surface area contributed by atoms with E-state index in [9.17, 15) is 9.59 Å². The number of para-hydroxylation sites is 2. The Morgan fingerprint density at radius 3 is 0.993 bits per heavy atom. The Labute approximate surface area is 886 Å². The largest absolute Gasteiger partial charge is 0.490 e. The molecule has 0 bridgehead atoms. The van der Waals surface area contributed by atoms with Crippen molar-refractivity contribution in [3.63, 3.8) is 0 Å². The first-order chi connectivity index (χ1) is 67.3. The van der Waals surface area contributed by atoms with Gasteiger partial charge in [-0.3, -0.25) is 0 Å². The molecule has 1 fully saturated rings. The molecule has 1 saturated carbocycles. The van der Waals surface area contributed by atoms with Gasteiger partial charge in [-0.2, -0.15) is 0 Å². The Balaban J connectivity index is 0.000000402. The molecule has 0 heterocycles. The second-order valence-electron chi connectivity index (χ2n) is 37.7. The lowest BCUT2D eigenvalue weighted by Gasteiger charge is -2.27. The molecule has 147 heavy (non-hydrogen) atoms. The second kappa shape index (κ2) is 63.4. The van der Waals surface area contributed by atoms with Gasteiger partial charge in [0.2, 0.25) is 6.29 Å². The summed E-state index contributed by atoms with van der Waals surface area (Å²) in [5.41, 5.74) is 18.1. The molecule has 792 valence electrons. The predicted molar refractivity (Wildman–Crippen MR) is 622 cm³/mol. The van der Waals surface area contributed by atoms with E-state index in [4.69, 9.17) is 56.8 Å². The molecule has 14 heteroatoms. The number of benzene rings is 14. The SMILES string of the molecule is C.C.C.C.C.C.C.C.CCC(C)c1ccc(COc2cccc3c(OCC(=O)OC(C)(C)C)cccc23)cc1.CCC(C)c1ccc(COc2cccc3c(OCC(=O)OC4(CC)CCCC4)cccc23)cc1.CCC(C)c1ccc(OC(C)OCCOc2c(-c3cccc(C)c3)cccc2-c2cccc(C)c2)cc1.CCC(C)c1ccc(OC(OCCOc2c(-c3ccccc3)cccc2-c2ccccc2)C(C)C)cc1. The number of fused-ring (bicyclic) bond motifs is 2. The number of hydrogen-bond donors (Lipinski definition) is 0. The fourth-order valence-corrected chi connectivity index (χ4v) is 16.9. The maximum atomic E-state index is 12.5. The highest BCUT2D eigenvalue weighted by Crippen LogP contribution is 2.44. The molecule has 1 aliphatic carbocycles. The van der Waals surface area contributed by atoms with Gasteiger partial charge in [0.05, 0.1) is 13.2 Å². The molecule has 14 aromatic carbocycles. The zero-order valence-corrected chi connectivity index (χ0v) is 84.8. The van der Waals surface area contributed by atoms with Crippen LogP contribution in [0.15, 0.2) is 315 Å². The summed E-state index contributed by atoms with van der Waals surface area (Å²) in [5.74, 6) is 7.98. The average molecular weight is 2000 g/mol. The molecular formula is C133H176O14. The number of esters is 2. The topological polar surface area (TPSA) is 145 Å². The lowest BCUT2D eigenvalue weighted by atomic mass is 9.96. The van der Waals surface area contributed by atoms with Crippen molar-refractivity contribution >= 4 is 33.5 Å². The zero-order chi connectivity index (χ0) is 98.6. The summed E-state index contributed by atoms with van der Waals surface area (Å²) in [5, 5.41) is 3.73. The van der Waals surface area contributed by atoms with Crippen LogP contribution in [-0.4, -0.2) is 75.4 Å². The minimum atomic E-state index is -0.535. The van der Waals surface area contributed by atoms with E-state index < -0.39 is 11.6 Å². The van der Waals surface area contributed by atoms with Gasteiger partial charge in [-0.1, -0.05) is 414 Å². The third-order valence-electron chi connectivity index (χ3n) is 25.8. The highest BCUT2D eigenvalue weighted by Gasteiger charge is 2.36. The van der Waals surface area contributed by atoms with Crippen LogP contribution in [0.1, 0.15) is 289 Å². The second-order valence-corrected chi connectivity index (χ2v) is 37.7. The molecule has 0 aromatic heterocycles. The van der Waals surface area contributed by atoms with E-state index in [1.165, 1.54) is 33.4 Å². The molecule has 14 aromatic rings. The van der Waals surface area contributed by atoms with Crippen LogP contribution >= 0.6 is 0 Å². The number of rotatable bonds is 41.